The maximum atomic E-state index is 6.32. The van der Waals surface area contributed by atoms with E-state index in [9.17, 15) is 0 Å². The molecule has 2 heterocycles. The lowest BCUT2D eigenvalue weighted by Gasteiger charge is -2.18. The Morgan fingerprint density at radius 2 is 2.00 bits per heavy atom. The van der Waals surface area contributed by atoms with Gasteiger partial charge in [-0.1, -0.05) is 48.0 Å². The molecule has 0 fully saturated rings. The van der Waals surface area contributed by atoms with Gasteiger partial charge in [-0.15, -0.1) is 0 Å². The van der Waals surface area contributed by atoms with Crippen LogP contribution in [0.25, 0.3) is 6.08 Å². The lowest BCUT2D eigenvalue weighted by Crippen LogP contribution is -2.16. The van der Waals surface area contributed by atoms with Crippen molar-refractivity contribution in [1.29, 1.82) is 0 Å². The standard InChI is InChI=1S/C27H26ClN3O2/c1-32-22-11-12-23-25(16-22)31-27(30-23)24-9-5-8-21(29-24)15-19-14-20(28)10-13-26(19)33-17-18-6-3-2-4-7-18/h2-7,9-10,13-14,16,21H,8,11-12,15,17H2,1H3,(H,30,31). The predicted octanol–water partition coefficient (Wildman–Crippen LogP) is 5.94. The van der Waals surface area contributed by atoms with Crippen LogP contribution in [-0.2, 0) is 24.2 Å². The van der Waals surface area contributed by atoms with E-state index in [4.69, 9.17) is 31.1 Å². The molecule has 1 N–H and O–H groups in total. The number of dihydropyridines is 1. The molecule has 33 heavy (non-hydrogen) atoms. The van der Waals surface area contributed by atoms with Crippen LogP contribution in [0.4, 0.5) is 0 Å². The van der Waals surface area contributed by atoms with E-state index in [1.807, 2.05) is 48.6 Å². The molecule has 0 saturated heterocycles. The number of aromatic amines is 1. The summed E-state index contributed by atoms with van der Waals surface area (Å²) >= 11 is 6.32. The second kappa shape index (κ2) is 9.67. The average Bonchev–Trinajstić information content (AvgIpc) is 3.28. The zero-order valence-electron chi connectivity index (χ0n) is 18.6. The molecule has 168 valence electrons. The molecule has 1 atom stereocenters. The highest BCUT2D eigenvalue weighted by atomic mass is 35.5. The quantitative estimate of drug-likeness (QED) is 0.476. The molecule has 5 rings (SSSR count). The summed E-state index contributed by atoms with van der Waals surface area (Å²) in [6, 6.07) is 16.1. The first-order valence-corrected chi connectivity index (χ1v) is 11.6. The topological polar surface area (TPSA) is 59.5 Å². The highest BCUT2D eigenvalue weighted by molar-refractivity contribution is 6.30. The van der Waals surface area contributed by atoms with Crippen molar-refractivity contribution in [2.45, 2.75) is 38.3 Å². The molecule has 1 aliphatic carbocycles. The number of fused-ring (bicyclic) bond motifs is 1. The van der Waals surface area contributed by atoms with Crippen molar-refractivity contribution in [2.24, 2.45) is 4.99 Å². The number of imidazole rings is 1. The number of nitrogens with one attached hydrogen (secondary N) is 1. The average molecular weight is 460 g/mol. The summed E-state index contributed by atoms with van der Waals surface area (Å²) in [5, 5.41) is 0.701. The molecule has 1 unspecified atom stereocenters. The number of hydrogen-bond acceptors (Lipinski definition) is 4. The van der Waals surface area contributed by atoms with E-state index in [-0.39, 0.29) is 6.04 Å². The van der Waals surface area contributed by atoms with E-state index in [0.717, 1.165) is 71.2 Å². The van der Waals surface area contributed by atoms with E-state index in [1.54, 1.807) is 7.11 Å². The zero-order chi connectivity index (χ0) is 22.6. The molecule has 0 amide bonds. The highest BCUT2D eigenvalue weighted by Crippen LogP contribution is 2.28. The summed E-state index contributed by atoms with van der Waals surface area (Å²) in [4.78, 5) is 13.2. The van der Waals surface area contributed by atoms with Gasteiger partial charge in [0, 0.05) is 23.2 Å². The van der Waals surface area contributed by atoms with Gasteiger partial charge in [-0.3, -0.25) is 4.99 Å². The number of rotatable bonds is 7. The van der Waals surface area contributed by atoms with Crippen molar-refractivity contribution < 1.29 is 9.47 Å². The van der Waals surface area contributed by atoms with Crippen molar-refractivity contribution in [3.63, 3.8) is 0 Å². The van der Waals surface area contributed by atoms with Gasteiger partial charge in [0.2, 0.25) is 0 Å². The van der Waals surface area contributed by atoms with Crippen LogP contribution in [0, 0.1) is 0 Å². The summed E-state index contributed by atoms with van der Waals surface area (Å²) in [7, 11) is 1.70. The van der Waals surface area contributed by atoms with Crippen LogP contribution in [0.5, 0.6) is 5.75 Å². The number of hydrogen-bond donors (Lipinski definition) is 1. The molecular weight excluding hydrogens is 434 g/mol. The molecule has 6 heteroatoms. The van der Waals surface area contributed by atoms with E-state index in [1.165, 1.54) is 0 Å². The van der Waals surface area contributed by atoms with E-state index >= 15 is 0 Å². The molecule has 3 aromatic rings. The lowest BCUT2D eigenvalue weighted by atomic mass is 10.00. The fourth-order valence-electron chi connectivity index (χ4n) is 4.22. The number of aromatic nitrogens is 2. The molecule has 0 radical (unpaired) electrons. The van der Waals surface area contributed by atoms with Crippen molar-refractivity contribution >= 4 is 23.4 Å². The number of aryl methyl sites for hydroxylation is 1. The maximum absolute atomic E-state index is 6.32. The number of ether oxygens (including phenoxy) is 2. The van der Waals surface area contributed by atoms with Gasteiger partial charge in [0.25, 0.3) is 0 Å². The largest absolute Gasteiger partial charge is 0.501 e. The molecule has 0 spiro atoms. The Morgan fingerprint density at radius 1 is 1.12 bits per heavy atom. The first kappa shape index (κ1) is 21.5. The van der Waals surface area contributed by atoms with Crippen LogP contribution < -0.4 is 4.74 Å². The van der Waals surface area contributed by atoms with E-state index in [2.05, 4.69) is 23.2 Å². The summed E-state index contributed by atoms with van der Waals surface area (Å²) in [6.07, 6.45) is 9.61. The van der Waals surface area contributed by atoms with Gasteiger partial charge < -0.3 is 14.5 Å². The molecule has 1 aromatic heterocycles. The molecule has 1 aliphatic heterocycles. The Kier molecular flexibility index (Phi) is 6.31. The first-order valence-electron chi connectivity index (χ1n) is 11.2. The van der Waals surface area contributed by atoms with Crippen LogP contribution in [0.1, 0.15) is 41.2 Å². The second-order valence-corrected chi connectivity index (χ2v) is 8.74. The third-order valence-electron chi connectivity index (χ3n) is 5.96. The van der Waals surface area contributed by atoms with Crippen LogP contribution in [0.3, 0.4) is 0 Å². The minimum absolute atomic E-state index is 0.0924. The number of halogens is 1. The summed E-state index contributed by atoms with van der Waals surface area (Å²) in [5.41, 5.74) is 5.15. The van der Waals surface area contributed by atoms with Gasteiger partial charge in [-0.2, -0.15) is 0 Å². The second-order valence-electron chi connectivity index (χ2n) is 8.30. The number of allylic oxidation sites excluding steroid dienone is 2. The summed E-state index contributed by atoms with van der Waals surface area (Å²) in [6.45, 7) is 0.517. The number of H-pyrrole nitrogens is 1. The number of nitrogens with zero attached hydrogens (tertiary/aromatic N) is 2. The predicted molar refractivity (Wildman–Crippen MR) is 132 cm³/mol. The van der Waals surface area contributed by atoms with Gasteiger partial charge in [-0.25, -0.2) is 4.98 Å². The van der Waals surface area contributed by atoms with E-state index in [0.29, 0.717) is 11.6 Å². The van der Waals surface area contributed by atoms with Crippen LogP contribution >= 0.6 is 11.6 Å². The maximum Gasteiger partial charge on any atom is 0.156 e. The Balaban J connectivity index is 1.34. The molecular formula is C27H26ClN3O2. The van der Waals surface area contributed by atoms with E-state index < -0.39 is 0 Å². The van der Waals surface area contributed by atoms with Crippen molar-refractivity contribution in [1.82, 2.24) is 9.97 Å². The van der Waals surface area contributed by atoms with Crippen LogP contribution in [-0.4, -0.2) is 28.8 Å². The first-order chi connectivity index (χ1) is 16.2. The number of aliphatic imine (C=N–C) groups is 1. The number of benzene rings is 2. The molecule has 0 saturated carbocycles. The summed E-state index contributed by atoms with van der Waals surface area (Å²) < 4.78 is 11.5. The van der Waals surface area contributed by atoms with Crippen molar-refractivity contribution in [2.75, 3.05) is 7.11 Å². The third-order valence-corrected chi connectivity index (χ3v) is 6.19. The Labute approximate surface area is 198 Å². The summed E-state index contributed by atoms with van der Waals surface area (Å²) in [5.74, 6) is 2.62. The zero-order valence-corrected chi connectivity index (χ0v) is 19.3. The fourth-order valence-corrected chi connectivity index (χ4v) is 4.42. The minimum atomic E-state index is 0.0924. The third kappa shape index (κ3) is 5.04. The van der Waals surface area contributed by atoms with Gasteiger partial charge >= 0.3 is 0 Å². The minimum Gasteiger partial charge on any atom is -0.501 e. The highest BCUT2D eigenvalue weighted by Gasteiger charge is 2.20. The normalized spacial score (nSPS) is 17.2. The lowest BCUT2D eigenvalue weighted by molar-refractivity contribution is 0.279. The van der Waals surface area contributed by atoms with Gasteiger partial charge in [0.05, 0.1) is 24.6 Å². The molecule has 2 aromatic carbocycles. The molecule has 0 bridgehead atoms. The smallest absolute Gasteiger partial charge is 0.156 e. The Bertz CT molecular complexity index is 1230. The van der Waals surface area contributed by atoms with Crippen LogP contribution in [0.2, 0.25) is 5.02 Å². The molecule has 2 aliphatic rings. The fraction of sp³-hybridized carbons (Fsp3) is 0.259. The Hall–Kier alpha value is -3.31. The van der Waals surface area contributed by atoms with Gasteiger partial charge in [-0.05, 0) is 54.7 Å². The van der Waals surface area contributed by atoms with Crippen molar-refractivity contribution in [3.8, 4) is 5.75 Å². The SMILES string of the molecule is COC1=Cc2nc(C3=NC(Cc4cc(Cl)ccc4OCc4ccccc4)CC=C3)[nH]c2CC1. The molecule has 5 nitrogen and oxygen atoms in total. The Morgan fingerprint density at radius 3 is 2.85 bits per heavy atom. The van der Waals surface area contributed by atoms with Gasteiger partial charge in [0.1, 0.15) is 18.1 Å². The monoisotopic (exact) mass is 459 g/mol. The van der Waals surface area contributed by atoms with Gasteiger partial charge in [0.15, 0.2) is 5.82 Å². The number of methoxy groups -OCH3 is 1. The van der Waals surface area contributed by atoms with Crippen molar-refractivity contribution in [3.05, 3.63) is 99.8 Å². The van der Waals surface area contributed by atoms with Crippen LogP contribution in [0.15, 0.2) is 71.4 Å².